The molecule has 1 spiro atoms. The van der Waals surface area contributed by atoms with Gasteiger partial charge in [-0.25, -0.2) is 4.79 Å². The zero-order valence-electron chi connectivity index (χ0n) is 18.1. The van der Waals surface area contributed by atoms with Crippen LogP contribution in [-0.4, -0.2) is 46.4 Å². The van der Waals surface area contributed by atoms with Crippen LogP contribution in [0.4, 0.5) is 4.79 Å². The van der Waals surface area contributed by atoms with E-state index in [-0.39, 0.29) is 30.8 Å². The minimum Gasteiger partial charge on any atom is -0.361 e. The molecule has 1 aromatic heterocycles. The van der Waals surface area contributed by atoms with Gasteiger partial charge in [-0.15, -0.1) is 0 Å². The van der Waals surface area contributed by atoms with Crippen molar-refractivity contribution in [1.29, 1.82) is 0 Å². The standard InChI is InChI=1S/C25H25ClN4O3/c26-20-9-3-1-7-16(20)18(19-13-27-21-10-4-2-8-17(19)21)14-28-22(31)15-30-23(32)25(29-24(30)33)11-5-6-12-25/h1-4,7-10,13,18,27H,5-6,11-12,14-15H2,(H,28,31)(H,29,33)/t18-/m1/s1. The fourth-order valence-corrected chi connectivity index (χ4v) is 5.35. The number of H-pyrrole nitrogens is 1. The number of rotatable bonds is 6. The second-order valence-corrected chi connectivity index (χ2v) is 9.19. The lowest BCUT2D eigenvalue weighted by molar-refractivity contribution is -0.134. The topological polar surface area (TPSA) is 94.3 Å². The molecule has 4 amide bonds. The van der Waals surface area contributed by atoms with Crippen molar-refractivity contribution >= 4 is 40.3 Å². The second-order valence-electron chi connectivity index (χ2n) is 8.78. The molecular formula is C25H25ClN4O3. The molecule has 1 atom stereocenters. The smallest absolute Gasteiger partial charge is 0.325 e. The van der Waals surface area contributed by atoms with Gasteiger partial charge >= 0.3 is 6.03 Å². The highest BCUT2D eigenvalue weighted by molar-refractivity contribution is 6.31. The molecule has 3 N–H and O–H groups in total. The minimum absolute atomic E-state index is 0.205. The average molecular weight is 465 g/mol. The summed E-state index contributed by atoms with van der Waals surface area (Å²) in [6.45, 7) is -0.0191. The highest BCUT2D eigenvalue weighted by Gasteiger charge is 2.52. The molecule has 33 heavy (non-hydrogen) atoms. The third-order valence-corrected chi connectivity index (χ3v) is 7.13. The molecule has 7 nitrogen and oxygen atoms in total. The van der Waals surface area contributed by atoms with E-state index in [2.05, 4.69) is 15.6 Å². The summed E-state index contributed by atoms with van der Waals surface area (Å²) in [4.78, 5) is 42.4. The number of nitrogens with zero attached hydrogens (tertiary/aromatic N) is 1. The number of carbonyl (C=O) groups is 3. The molecule has 2 aromatic carbocycles. The van der Waals surface area contributed by atoms with Crippen molar-refractivity contribution in [2.45, 2.75) is 37.1 Å². The number of nitrogens with one attached hydrogen (secondary N) is 3. The van der Waals surface area contributed by atoms with Crippen molar-refractivity contribution in [2.24, 2.45) is 0 Å². The number of halogens is 1. The van der Waals surface area contributed by atoms with Gasteiger partial charge in [0.25, 0.3) is 5.91 Å². The zero-order valence-corrected chi connectivity index (χ0v) is 18.8. The SMILES string of the molecule is O=C(CN1C(=O)NC2(CCCC2)C1=O)NC[C@H](c1ccccc1Cl)c1c[nH]c2ccccc12. The normalized spacial score (nSPS) is 18.2. The molecule has 1 saturated heterocycles. The van der Waals surface area contributed by atoms with Crippen LogP contribution in [0.25, 0.3) is 10.9 Å². The van der Waals surface area contributed by atoms with E-state index in [4.69, 9.17) is 11.6 Å². The number of benzene rings is 2. The summed E-state index contributed by atoms with van der Waals surface area (Å²) >= 11 is 6.52. The van der Waals surface area contributed by atoms with Gasteiger partial charge in [-0.2, -0.15) is 0 Å². The molecule has 170 valence electrons. The number of aromatic nitrogens is 1. The Balaban J connectivity index is 1.35. The number of imide groups is 1. The molecule has 1 saturated carbocycles. The summed E-state index contributed by atoms with van der Waals surface area (Å²) in [7, 11) is 0. The summed E-state index contributed by atoms with van der Waals surface area (Å²) in [5.41, 5.74) is 2.08. The molecule has 0 unspecified atom stereocenters. The van der Waals surface area contributed by atoms with Crippen LogP contribution in [0.15, 0.2) is 54.7 Å². The van der Waals surface area contributed by atoms with Gasteiger partial charge in [0.15, 0.2) is 0 Å². The lowest BCUT2D eigenvalue weighted by atomic mass is 9.90. The highest BCUT2D eigenvalue weighted by atomic mass is 35.5. The van der Waals surface area contributed by atoms with Crippen molar-refractivity contribution in [2.75, 3.05) is 13.1 Å². The number of para-hydroxylation sites is 1. The largest absolute Gasteiger partial charge is 0.361 e. The van der Waals surface area contributed by atoms with Crippen LogP contribution < -0.4 is 10.6 Å². The van der Waals surface area contributed by atoms with E-state index in [0.717, 1.165) is 39.8 Å². The summed E-state index contributed by atoms with van der Waals surface area (Å²) in [5.74, 6) is -0.882. The Kier molecular flexibility index (Phi) is 5.58. The van der Waals surface area contributed by atoms with Crippen molar-refractivity contribution in [3.05, 3.63) is 70.9 Å². The Morgan fingerprint density at radius 3 is 2.58 bits per heavy atom. The molecule has 5 rings (SSSR count). The van der Waals surface area contributed by atoms with E-state index >= 15 is 0 Å². The Hall–Kier alpha value is -3.32. The highest BCUT2D eigenvalue weighted by Crippen LogP contribution is 2.36. The number of urea groups is 1. The van der Waals surface area contributed by atoms with Crippen molar-refractivity contribution < 1.29 is 14.4 Å². The first-order chi connectivity index (χ1) is 16.0. The van der Waals surface area contributed by atoms with Gasteiger partial charge < -0.3 is 15.6 Å². The monoisotopic (exact) mass is 464 g/mol. The van der Waals surface area contributed by atoms with Gasteiger partial charge in [0.2, 0.25) is 5.91 Å². The third-order valence-electron chi connectivity index (χ3n) is 6.79. The van der Waals surface area contributed by atoms with Gasteiger partial charge in [-0.3, -0.25) is 14.5 Å². The van der Waals surface area contributed by atoms with Gasteiger partial charge in [-0.05, 0) is 36.1 Å². The quantitative estimate of drug-likeness (QED) is 0.482. The van der Waals surface area contributed by atoms with Crippen LogP contribution >= 0.6 is 11.6 Å². The van der Waals surface area contributed by atoms with Crippen LogP contribution in [0.1, 0.15) is 42.7 Å². The van der Waals surface area contributed by atoms with E-state index < -0.39 is 11.6 Å². The first-order valence-corrected chi connectivity index (χ1v) is 11.6. The maximum absolute atomic E-state index is 12.9. The van der Waals surface area contributed by atoms with Crippen molar-refractivity contribution in [3.63, 3.8) is 0 Å². The molecular weight excluding hydrogens is 440 g/mol. The minimum atomic E-state index is -0.818. The summed E-state index contributed by atoms with van der Waals surface area (Å²) < 4.78 is 0. The average Bonchev–Trinajstić information content (AvgIpc) is 3.51. The summed E-state index contributed by atoms with van der Waals surface area (Å²) in [6.07, 6.45) is 4.99. The van der Waals surface area contributed by atoms with Crippen LogP contribution in [0.3, 0.4) is 0 Å². The van der Waals surface area contributed by atoms with Crippen molar-refractivity contribution in [1.82, 2.24) is 20.5 Å². The van der Waals surface area contributed by atoms with E-state index in [9.17, 15) is 14.4 Å². The van der Waals surface area contributed by atoms with Gasteiger partial charge in [0.1, 0.15) is 12.1 Å². The van der Waals surface area contributed by atoms with E-state index in [1.54, 1.807) is 0 Å². The van der Waals surface area contributed by atoms with E-state index in [0.29, 0.717) is 17.9 Å². The maximum atomic E-state index is 12.9. The number of hydrogen-bond acceptors (Lipinski definition) is 3. The summed E-state index contributed by atoms with van der Waals surface area (Å²) in [5, 5.41) is 7.39. The number of fused-ring (bicyclic) bond motifs is 1. The molecule has 1 aliphatic carbocycles. The zero-order chi connectivity index (χ0) is 23.0. The first-order valence-electron chi connectivity index (χ1n) is 11.2. The Labute approximate surface area is 196 Å². The maximum Gasteiger partial charge on any atom is 0.325 e. The molecule has 8 heteroatoms. The predicted molar refractivity (Wildman–Crippen MR) is 126 cm³/mol. The van der Waals surface area contributed by atoms with E-state index in [1.165, 1.54) is 0 Å². The summed E-state index contributed by atoms with van der Waals surface area (Å²) in [6, 6.07) is 15.0. The van der Waals surface area contributed by atoms with Crippen LogP contribution in [-0.2, 0) is 9.59 Å². The lowest BCUT2D eigenvalue weighted by Gasteiger charge is -2.21. The van der Waals surface area contributed by atoms with Crippen LogP contribution in [0.2, 0.25) is 5.02 Å². The molecule has 2 fully saturated rings. The number of aromatic amines is 1. The van der Waals surface area contributed by atoms with Gasteiger partial charge in [-0.1, -0.05) is 60.8 Å². The Morgan fingerprint density at radius 1 is 1.06 bits per heavy atom. The molecule has 0 bridgehead atoms. The van der Waals surface area contributed by atoms with Crippen LogP contribution in [0.5, 0.6) is 0 Å². The second kappa shape index (κ2) is 8.56. The van der Waals surface area contributed by atoms with E-state index in [1.807, 2.05) is 54.7 Å². The fourth-order valence-electron chi connectivity index (χ4n) is 5.08. The van der Waals surface area contributed by atoms with Crippen molar-refractivity contribution in [3.8, 4) is 0 Å². The van der Waals surface area contributed by atoms with Gasteiger partial charge in [0, 0.05) is 34.6 Å². The molecule has 2 aliphatic rings. The molecule has 3 aromatic rings. The third kappa shape index (κ3) is 3.86. The lowest BCUT2D eigenvalue weighted by Crippen LogP contribution is -2.45. The Morgan fingerprint density at radius 2 is 1.79 bits per heavy atom. The molecule has 1 aliphatic heterocycles. The van der Waals surface area contributed by atoms with Crippen LogP contribution in [0, 0.1) is 0 Å². The molecule has 0 radical (unpaired) electrons. The number of amides is 4. The molecule has 2 heterocycles. The van der Waals surface area contributed by atoms with Gasteiger partial charge in [0.05, 0.1) is 0 Å². The fraction of sp³-hybridized carbons (Fsp3) is 0.320. The number of carbonyl (C=O) groups excluding carboxylic acids is 3. The predicted octanol–water partition coefficient (Wildman–Crippen LogP) is 3.93. The first kappa shape index (κ1) is 21.5. The number of hydrogen-bond donors (Lipinski definition) is 3. The Bertz CT molecular complexity index is 1230.